The van der Waals surface area contributed by atoms with Crippen LogP contribution >= 0.6 is 0 Å². The molecular formula is C24H26N4O2S. The number of nitrogens with zero attached hydrogens (tertiary/aromatic N) is 3. The minimum Gasteiger partial charge on any atom is -0.264 e. The predicted octanol–water partition coefficient (Wildman–Crippen LogP) is 4.86. The van der Waals surface area contributed by atoms with Gasteiger partial charge in [0.2, 0.25) is 0 Å². The van der Waals surface area contributed by atoms with Crippen molar-refractivity contribution < 1.29 is 8.42 Å². The normalized spacial score (nSPS) is 12.3. The van der Waals surface area contributed by atoms with Crippen LogP contribution in [0.3, 0.4) is 0 Å². The third kappa shape index (κ3) is 5.97. The Balaban J connectivity index is 1.92. The average Bonchev–Trinajstić information content (AvgIpc) is 2.76. The maximum atomic E-state index is 13.0. The van der Waals surface area contributed by atoms with Crippen molar-refractivity contribution in [2.45, 2.75) is 50.6 Å². The van der Waals surface area contributed by atoms with Crippen LogP contribution in [0.15, 0.2) is 66.1 Å². The lowest BCUT2D eigenvalue weighted by atomic mass is 9.96. The lowest BCUT2D eigenvalue weighted by molar-refractivity contribution is 0.519. The van der Waals surface area contributed by atoms with Crippen LogP contribution in [0.1, 0.15) is 48.4 Å². The van der Waals surface area contributed by atoms with Crippen LogP contribution in [-0.2, 0) is 10.0 Å². The molecule has 0 spiro atoms. The molecule has 0 radical (unpaired) electrons. The second kappa shape index (κ2) is 10.3. The third-order valence-electron chi connectivity index (χ3n) is 5.11. The molecule has 0 bridgehead atoms. The highest BCUT2D eigenvalue weighted by atomic mass is 32.2. The number of rotatable bonds is 9. The molecule has 160 valence electrons. The number of unbranched alkanes of at least 4 members (excludes halogenated alkanes) is 2. The van der Waals surface area contributed by atoms with Gasteiger partial charge in [-0.05, 0) is 72.7 Å². The van der Waals surface area contributed by atoms with Crippen molar-refractivity contribution in [3.05, 3.63) is 77.7 Å². The van der Waals surface area contributed by atoms with E-state index in [9.17, 15) is 8.42 Å². The van der Waals surface area contributed by atoms with Crippen LogP contribution < -0.4 is 4.72 Å². The van der Waals surface area contributed by atoms with E-state index in [4.69, 9.17) is 5.26 Å². The lowest BCUT2D eigenvalue weighted by Gasteiger charge is -2.20. The van der Waals surface area contributed by atoms with E-state index in [1.165, 1.54) is 6.07 Å². The number of aryl methyl sites for hydroxylation is 2. The molecule has 0 saturated carbocycles. The minimum absolute atomic E-state index is 0.00116. The summed E-state index contributed by atoms with van der Waals surface area (Å²) in [4.78, 5) is 8.23. The number of benzene rings is 1. The third-order valence-corrected chi connectivity index (χ3v) is 6.50. The van der Waals surface area contributed by atoms with Crippen molar-refractivity contribution in [2.24, 2.45) is 0 Å². The van der Waals surface area contributed by atoms with Gasteiger partial charge in [-0.3, -0.25) is 4.98 Å². The first-order chi connectivity index (χ1) is 14.9. The summed E-state index contributed by atoms with van der Waals surface area (Å²) in [5.41, 5.74) is 4.89. The predicted molar refractivity (Wildman–Crippen MR) is 121 cm³/mol. The van der Waals surface area contributed by atoms with Crippen molar-refractivity contribution in [3.8, 4) is 17.2 Å². The van der Waals surface area contributed by atoms with Crippen LogP contribution in [0.5, 0.6) is 0 Å². The number of pyridine rings is 2. The molecule has 0 aliphatic rings. The Kier molecular flexibility index (Phi) is 7.50. The number of nitriles is 1. The van der Waals surface area contributed by atoms with E-state index < -0.39 is 16.1 Å². The van der Waals surface area contributed by atoms with E-state index in [1.807, 2.05) is 50.4 Å². The van der Waals surface area contributed by atoms with Crippen molar-refractivity contribution in [1.82, 2.24) is 14.7 Å². The molecule has 3 rings (SSSR count). The monoisotopic (exact) mass is 434 g/mol. The highest BCUT2D eigenvalue weighted by Crippen LogP contribution is 2.28. The number of sulfonamides is 1. The summed E-state index contributed by atoms with van der Waals surface area (Å²) in [6.07, 6.45) is 7.61. The Morgan fingerprint density at radius 3 is 2.65 bits per heavy atom. The second-order valence-electron chi connectivity index (χ2n) is 7.57. The van der Waals surface area contributed by atoms with Gasteiger partial charge in [-0.1, -0.05) is 30.7 Å². The summed E-state index contributed by atoms with van der Waals surface area (Å²) in [7, 11) is -3.79. The second-order valence-corrected chi connectivity index (χ2v) is 9.23. The summed E-state index contributed by atoms with van der Waals surface area (Å²) in [5.74, 6) is 0. The molecule has 7 heteroatoms. The lowest BCUT2D eigenvalue weighted by Crippen LogP contribution is -2.29. The molecule has 0 saturated heterocycles. The fourth-order valence-corrected chi connectivity index (χ4v) is 4.62. The van der Waals surface area contributed by atoms with E-state index in [1.54, 1.807) is 18.5 Å². The topological polar surface area (TPSA) is 95.7 Å². The van der Waals surface area contributed by atoms with Gasteiger partial charge in [0.25, 0.3) is 10.0 Å². The Morgan fingerprint density at radius 1 is 1.10 bits per heavy atom. The molecule has 2 heterocycles. The van der Waals surface area contributed by atoms with E-state index in [2.05, 4.69) is 20.8 Å². The fourth-order valence-electron chi connectivity index (χ4n) is 3.43. The summed E-state index contributed by atoms with van der Waals surface area (Å²) < 4.78 is 28.8. The molecule has 0 aliphatic heterocycles. The van der Waals surface area contributed by atoms with Crippen molar-refractivity contribution in [2.75, 3.05) is 0 Å². The average molecular weight is 435 g/mol. The smallest absolute Gasteiger partial charge is 0.258 e. The van der Waals surface area contributed by atoms with Crippen LogP contribution in [0, 0.1) is 25.2 Å². The number of aromatic nitrogens is 2. The summed E-state index contributed by atoms with van der Waals surface area (Å²) >= 11 is 0. The van der Waals surface area contributed by atoms with Crippen molar-refractivity contribution in [1.29, 1.82) is 5.26 Å². The van der Waals surface area contributed by atoms with Gasteiger partial charge < -0.3 is 0 Å². The van der Waals surface area contributed by atoms with Gasteiger partial charge in [0.15, 0.2) is 5.03 Å². The molecule has 0 fully saturated rings. The van der Waals surface area contributed by atoms with Crippen LogP contribution in [0.25, 0.3) is 11.1 Å². The maximum Gasteiger partial charge on any atom is 0.258 e. The van der Waals surface area contributed by atoms with E-state index in [0.29, 0.717) is 12.8 Å². The summed E-state index contributed by atoms with van der Waals surface area (Å²) in [6, 6.07) is 14.8. The zero-order valence-electron chi connectivity index (χ0n) is 17.7. The molecule has 0 aliphatic carbocycles. The van der Waals surface area contributed by atoms with Crippen molar-refractivity contribution >= 4 is 10.0 Å². The Morgan fingerprint density at radius 2 is 1.94 bits per heavy atom. The minimum atomic E-state index is -3.79. The van der Waals surface area contributed by atoms with Crippen LogP contribution in [0.4, 0.5) is 0 Å². The molecular weight excluding hydrogens is 408 g/mol. The maximum absolute atomic E-state index is 13.0. The quantitative estimate of drug-likeness (QED) is 0.485. The zero-order chi connectivity index (χ0) is 22.3. The van der Waals surface area contributed by atoms with Gasteiger partial charge in [0.1, 0.15) is 0 Å². The van der Waals surface area contributed by atoms with E-state index in [-0.39, 0.29) is 5.03 Å². The van der Waals surface area contributed by atoms with Crippen LogP contribution in [-0.4, -0.2) is 18.4 Å². The molecule has 1 atom stereocenters. The van der Waals surface area contributed by atoms with Gasteiger partial charge in [-0.15, -0.1) is 0 Å². The highest BCUT2D eigenvalue weighted by Gasteiger charge is 2.23. The van der Waals surface area contributed by atoms with Crippen LogP contribution in [0.2, 0.25) is 0 Å². The van der Waals surface area contributed by atoms with Gasteiger partial charge in [-0.25, -0.2) is 18.1 Å². The van der Waals surface area contributed by atoms with E-state index >= 15 is 0 Å². The largest absolute Gasteiger partial charge is 0.264 e. The first-order valence-corrected chi connectivity index (χ1v) is 11.7. The first-order valence-electron chi connectivity index (χ1n) is 10.2. The molecule has 3 aromatic rings. The Hall–Kier alpha value is -3.08. The first kappa shape index (κ1) is 22.6. The van der Waals surface area contributed by atoms with Gasteiger partial charge in [-0.2, -0.15) is 5.26 Å². The number of nitrogens with one attached hydrogen (secondary N) is 1. The molecule has 1 unspecified atom stereocenters. The SMILES string of the molecule is Cc1ccc(S(=O)(=O)NC(CCCCC#N)c2cccc(-c3ccncc3C)c2)nc1. The standard InChI is InChI=1S/C24H26N4O2S/c1-18-10-11-24(27-16-18)31(29,30)28-23(9-4-3-5-13-25)21-8-6-7-20(15-21)22-12-14-26-17-19(22)2/h6-8,10-12,14-17,23,28H,3-5,9H2,1-2H3. The number of hydrogen-bond donors (Lipinski definition) is 1. The van der Waals surface area contributed by atoms with E-state index in [0.717, 1.165) is 40.7 Å². The molecule has 1 aromatic carbocycles. The molecule has 6 nitrogen and oxygen atoms in total. The van der Waals surface area contributed by atoms with Gasteiger partial charge in [0, 0.05) is 31.1 Å². The summed E-state index contributed by atoms with van der Waals surface area (Å²) in [6.45, 7) is 3.86. The van der Waals surface area contributed by atoms with Gasteiger partial charge >= 0.3 is 0 Å². The Bertz CT molecular complexity index is 1170. The Labute approximate surface area is 184 Å². The molecule has 1 N–H and O–H groups in total. The fraction of sp³-hybridized carbons (Fsp3) is 0.292. The summed E-state index contributed by atoms with van der Waals surface area (Å²) in [5, 5.41) is 8.82. The molecule has 0 amide bonds. The highest BCUT2D eigenvalue weighted by molar-refractivity contribution is 7.89. The zero-order valence-corrected chi connectivity index (χ0v) is 18.6. The molecule has 31 heavy (non-hydrogen) atoms. The molecule has 2 aromatic heterocycles. The van der Waals surface area contributed by atoms with Gasteiger partial charge in [0.05, 0.1) is 6.07 Å². The number of hydrogen-bond acceptors (Lipinski definition) is 5. The van der Waals surface area contributed by atoms with Crippen molar-refractivity contribution in [3.63, 3.8) is 0 Å².